The smallest absolute Gasteiger partial charge is 0.306 e. The van der Waals surface area contributed by atoms with Gasteiger partial charge in [-0.1, -0.05) is 194 Å². The van der Waals surface area contributed by atoms with Gasteiger partial charge in [-0.3, -0.25) is 14.4 Å². The van der Waals surface area contributed by atoms with Crippen LogP contribution in [-0.4, -0.2) is 37.2 Å². The summed E-state index contributed by atoms with van der Waals surface area (Å²) in [5, 5.41) is 0. The van der Waals surface area contributed by atoms with Crippen molar-refractivity contribution in [2.75, 3.05) is 13.2 Å². The number of allylic oxidation sites excluding steroid dienone is 20. The van der Waals surface area contributed by atoms with Gasteiger partial charge in [-0.25, -0.2) is 0 Å². The molecule has 0 spiro atoms. The summed E-state index contributed by atoms with van der Waals surface area (Å²) in [6.07, 6.45) is 66.4. The van der Waals surface area contributed by atoms with Gasteiger partial charge < -0.3 is 14.2 Å². The Morgan fingerprint density at radius 3 is 1.25 bits per heavy atom. The molecule has 0 saturated carbocycles. The van der Waals surface area contributed by atoms with Crippen molar-refractivity contribution >= 4 is 17.9 Å². The van der Waals surface area contributed by atoms with Crippen molar-refractivity contribution in [3.8, 4) is 0 Å². The number of hydrogen-bond donors (Lipinski definition) is 0. The van der Waals surface area contributed by atoms with E-state index >= 15 is 0 Å². The maximum Gasteiger partial charge on any atom is 0.306 e. The van der Waals surface area contributed by atoms with E-state index in [9.17, 15) is 14.4 Å². The Balaban J connectivity index is 4.60. The molecule has 0 radical (unpaired) electrons. The summed E-state index contributed by atoms with van der Waals surface area (Å²) in [4.78, 5) is 37.7. The Morgan fingerprint density at radius 2 is 0.738 bits per heavy atom. The highest BCUT2D eigenvalue weighted by molar-refractivity contribution is 5.71. The topological polar surface area (TPSA) is 78.9 Å². The molecule has 0 aromatic heterocycles. The summed E-state index contributed by atoms with van der Waals surface area (Å²) in [5.74, 6) is -1.14. The molecule has 0 amide bonds. The van der Waals surface area contributed by atoms with Crippen LogP contribution in [0.15, 0.2) is 122 Å². The lowest BCUT2D eigenvalue weighted by atomic mass is 10.1. The molecule has 0 bridgehead atoms. The van der Waals surface area contributed by atoms with Gasteiger partial charge >= 0.3 is 17.9 Å². The van der Waals surface area contributed by atoms with Crippen molar-refractivity contribution in [1.29, 1.82) is 0 Å². The fourth-order valence-electron chi connectivity index (χ4n) is 5.85. The summed E-state index contributed by atoms with van der Waals surface area (Å²) in [6, 6.07) is 0. The number of esters is 3. The molecule has 0 rings (SSSR count). The highest BCUT2D eigenvalue weighted by Crippen LogP contribution is 2.10. The number of hydrogen-bond acceptors (Lipinski definition) is 6. The van der Waals surface area contributed by atoms with E-state index in [1.54, 1.807) is 0 Å². The summed E-state index contributed by atoms with van der Waals surface area (Å²) in [7, 11) is 0. The van der Waals surface area contributed by atoms with Crippen molar-refractivity contribution in [3.63, 3.8) is 0 Å². The molecule has 0 fully saturated rings. The van der Waals surface area contributed by atoms with Crippen LogP contribution >= 0.6 is 0 Å². The third-order valence-electron chi connectivity index (χ3n) is 9.47. The Labute approximate surface area is 373 Å². The van der Waals surface area contributed by atoms with E-state index in [2.05, 4.69) is 124 Å². The molecule has 0 aromatic rings. The Hall–Kier alpha value is -4.19. The lowest BCUT2D eigenvalue weighted by Crippen LogP contribution is -2.30. The molecular weight excluding hydrogens is 757 g/mol. The van der Waals surface area contributed by atoms with Gasteiger partial charge in [0.2, 0.25) is 0 Å². The Kier molecular flexibility index (Phi) is 45.1. The van der Waals surface area contributed by atoms with Gasteiger partial charge in [0.05, 0.1) is 0 Å². The Bertz CT molecular complexity index is 1340. The van der Waals surface area contributed by atoms with Crippen molar-refractivity contribution in [2.45, 2.75) is 194 Å². The number of carbonyl (C=O) groups excluding carboxylic acids is 3. The van der Waals surface area contributed by atoms with E-state index < -0.39 is 12.1 Å². The SMILES string of the molecule is CC/C=C\C/C=C\C/C=C\C/C=C\C/C=C\C/C=C\CCC(=O)OCC(COC(=O)CCCCC/C=C\C=C/CCCC)OC(=O)CC/C=C\C/C=C\CCCCCCCC. The minimum Gasteiger partial charge on any atom is -0.462 e. The average molecular weight is 843 g/mol. The van der Waals surface area contributed by atoms with Gasteiger partial charge in [-0.2, -0.15) is 0 Å². The van der Waals surface area contributed by atoms with E-state index in [4.69, 9.17) is 14.2 Å². The van der Waals surface area contributed by atoms with E-state index in [0.29, 0.717) is 19.3 Å². The van der Waals surface area contributed by atoms with Crippen LogP contribution in [0.5, 0.6) is 0 Å². The molecule has 0 N–H and O–H groups in total. The summed E-state index contributed by atoms with van der Waals surface area (Å²) in [6.45, 7) is 6.29. The lowest BCUT2D eigenvalue weighted by molar-refractivity contribution is -0.166. The van der Waals surface area contributed by atoms with Crippen molar-refractivity contribution < 1.29 is 28.6 Å². The van der Waals surface area contributed by atoms with Gasteiger partial charge in [-0.15, -0.1) is 0 Å². The molecule has 0 aromatic carbocycles. The molecule has 1 atom stereocenters. The largest absolute Gasteiger partial charge is 0.462 e. The van der Waals surface area contributed by atoms with Crippen LogP contribution in [0.1, 0.15) is 188 Å². The second-order valence-corrected chi connectivity index (χ2v) is 15.3. The maximum absolute atomic E-state index is 12.7. The second-order valence-electron chi connectivity index (χ2n) is 15.3. The molecule has 6 heteroatoms. The summed E-state index contributed by atoms with van der Waals surface area (Å²) < 4.78 is 16.6. The highest BCUT2D eigenvalue weighted by Gasteiger charge is 2.19. The molecule has 342 valence electrons. The van der Waals surface area contributed by atoms with Crippen LogP contribution in [0.25, 0.3) is 0 Å². The Morgan fingerprint density at radius 1 is 0.361 bits per heavy atom. The number of carbonyl (C=O) groups is 3. The van der Waals surface area contributed by atoms with E-state index in [0.717, 1.165) is 83.5 Å². The molecule has 6 nitrogen and oxygen atoms in total. The zero-order valence-corrected chi connectivity index (χ0v) is 38.9. The second kappa shape index (κ2) is 48.5. The molecular formula is C55H86O6. The first-order valence-corrected chi connectivity index (χ1v) is 24.1. The minimum absolute atomic E-state index is 0.142. The maximum atomic E-state index is 12.7. The van der Waals surface area contributed by atoms with Crippen LogP contribution in [0, 0.1) is 0 Å². The van der Waals surface area contributed by atoms with Crippen molar-refractivity contribution in [1.82, 2.24) is 0 Å². The van der Waals surface area contributed by atoms with Gasteiger partial charge in [-0.05, 0) is 96.3 Å². The first-order chi connectivity index (χ1) is 30.0. The zero-order valence-electron chi connectivity index (χ0n) is 38.9. The highest BCUT2D eigenvalue weighted by atomic mass is 16.6. The molecule has 0 aliphatic heterocycles. The molecule has 0 saturated heterocycles. The van der Waals surface area contributed by atoms with Crippen LogP contribution in [0.2, 0.25) is 0 Å². The number of rotatable bonds is 41. The van der Waals surface area contributed by atoms with E-state index in [1.165, 1.54) is 51.4 Å². The van der Waals surface area contributed by atoms with E-state index in [1.807, 2.05) is 18.2 Å². The third-order valence-corrected chi connectivity index (χ3v) is 9.47. The van der Waals surface area contributed by atoms with Crippen LogP contribution in [-0.2, 0) is 28.6 Å². The summed E-state index contributed by atoms with van der Waals surface area (Å²) >= 11 is 0. The first kappa shape index (κ1) is 56.8. The normalized spacial score (nSPS) is 13.2. The quantitative estimate of drug-likeness (QED) is 0.0201. The third kappa shape index (κ3) is 46.7. The van der Waals surface area contributed by atoms with E-state index in [-0.39, 0.29) is 38.0 Å². The molecule has 0 aliphatic rings. The van der Waals surface area contributed by atoms with Crippen molar-refractivity contribution in [3.05, 3.63) is 122 Å². The van der Waals surface area contributed by atoms with Crippen LogP contribution in [0.4, 0.5) is 0 Å². The van der Waals surface area contributed by atoms with Crippen LogP contribution in [0.3, 0.4) is 0 Å². The van der Waals surface area contributed by atoms with Gasteiger partial charge in [0, 0.05) is 19.3 Å². The van der Waals surface area contributed by atoms with Crippen molar-refractivity contribution in [2.24, 2.45) is 0 Å². The number of unbranched alkanes of at least 4 members (excludes halogenated alkanes) is 11. The summed E-state index contributed by atoms with van der Waals surface area (Å²) in [5.41, 5.74) is 0. The minimum atomic E-state index is -0.851. The predicted molar refractivity (Wildman–Crippen MR) is 260 cm³/mol. The predicted octanol–water partition coefficient (Wildman–Crippen LogP) is 15.7. The average Bonchev–Trinajstić information content (AvgIpc) is 3.26. The van der Waals surface area contributed by atoms with Crippen LogP contribution < -0.4 is 0 Å². The molecule has 0 aliphatic carbocycles. The molecule has 0 heterocycles. The first-order valence-electron chi connectivity index (χ1n) is 24.1. The number of ether oxygens (including phenoxy) is 3. The zero-order chi connectivity index (χ0) is 44.4. The fraction of sp³-hybridized carbons (Fsp3) is 0.582. The molecule has 61 heavy (non-hydrogen) atoms. The monoisotopic (exact) mass is 843 g/mol. The molecule has 1 unspecified atom stereocenters. The van der Waals surface area contributed by atoms with Gasteiger partial charge in [0.15, 0.2) is 6.10 Å². The lowest BCUT2D eigenvalue weighted by Gasteiger charge is -2.18. The standard InChI is InChI=1S/C55H86O6/c1-4-7-10-13-16-19-22-24-25-26-27-28-29-31-33-36-39-42-45-48-54(57)60-51-52(50-59-53(56)47-44-41-38-35-32-21-18-15-12-9-6-3)61-55(58)49-46-43-40-37-34-30-23-20-17-14-11-8-5-2/h7,10,15-16,18-19,21,24-25,27-28,30-34,39-40,42-43,52H,4-6,8-9,11-14,17,20,22-23,26,29,35-38,41,44-51H2,1-3H3/b10-7-,18-15-,19-16-,25-24-,28-27-,32-21-,33-31-,34-30-,42-39-,43-40-. The fourth-order valence-corrected chi connectivity index (χ4v) is 5.85. The van der Waals surface area contributed by atoms with Gasteiger partial charge in [0.1, 0.15) is 13.2 Å². The van der Waals surface area contributed by atoms with Gasteiger partial charge in [0.25, 0.3) is 0 Å².